The van der Waals surface area contributed by atoms with Crippen LogP contribution in [0.3, 0.4) is 0 Å². The van der Waals surface area contributed by atoms with E-state index in [1.54, 1.807) is 0 Å². The molecule has 0 rings (SSSR count). The predicted octanol–water partition coefficient (Wildman–Crippen LogP) is 0.333. The predicted molar refractivity (Wildman–Crippen MR) is 28.6 cm³/mol. The summed E-state index contributed by atoms with van der Waals surface area (Å²) in [4.78, 5) is 0. The second kappa shape index (κ2) is 4.51. The van der Waals surface area contributed by atoms with Gasteiger partial charge in [0, 0.05) is 6.42 Å². The first-order valence-corrected chi connectivity index (χ1v) is 2.78. The van der Waals surface area contributed by atoms with Crippen LogP contribution in [0.1, 0.15) is 6.42 Å². The summed E-state index contributed by atoms with van der Waals surface area (Å²) < 4.78 is 34.3. The zero-order valence-corrected chi connectivity index (χ0v) is 5.17. The lowest BCUT2D eigenvalue weighted by molar-refractivity contribution is -0.0347. The highest BCUT2D eigenvalue weighted by Gasteiger charge is 2.20. The van der Waals surface area contributed by atoms with Crippen molar-refractivity contribution in [3.05, 3.63) is 0 Å². The minimum atomic E-state index is -2.92. The molecule has 0 fully saturated rings. The third-order valence-corrected chi connectivity index (χ3v) is 0.983. The van der Waals surface area contributed by atoms with E-state index in [1.165, 1.54) is 0 Å². The van der Waals surface area contributed by atoms with Crippen LogP contribution in [0.15, 0.2) is 0 Å². The molecule has 0 aromatic rings. The number of hydrogen-bond acceptors (Lipinski definition) is 2. The van der Waals surface area contributed by atoms with Crippen LogP contribution in [0, 0.1) is 0 Å². The summed E-state index contributed by atoms with van der Waals surface area (Å²) in [6.45, 7) is -1.11. The Morgan fingerprint density at radius 2 is 1.70 bits per heavy atom. The number of rotatable bonds is 4. The second-order valence-corrected chi connectivity index (χ2v) is 1.95. The molecule has 0 bridgehead atoms. The Morgan fingerprint density at radius 3 is 2.00 bits per heavy atom. The topological polar surface area (TPSA) is 40.5 Å². The van der Waals surface area contributed by atoms with Crippen molar-refractivity contribution >= 4 is 0 Å². The van der Waals surface area contributed by atoms with E-state index in [0.717, 1.165) is 0 Å². The highest BCUT2D eigenvalue weighted by molar-refractivity contribution is 4.63. The lowest BCUT2D eigenvalue weighted by atomic mass is 10.2. The summed E-state index contributed by atoms with van der Waals surface area (Å²) in [6.07, 6.45) is -6.94. The first-order valence-electron chi connectivity index (χ1n) is 2.78. The van der Waals surface area contributed by atoms with Crippen LogP contribution in [0.4, 0.5) is 13.2 Å². The molecular weight excluding hydrogens is 149 g/mol. The molecule has 5 heteroatoms. The molecule has 0 aromatic heterocycles. The maximum atomic E-state index is 11.4. The van der Waals surface area contributed by atoms with E-state index in [1.807, 2.05) is 0 Å². The number of alkyl halides is 3. The van der Waals surface area contributed by atoms with E-state index in [9.17, 15) is 13.2 Å². The molecule has 62 valence electrons. The molecule has 2 nitrogen and oxygen atoms in total. The zero-order valence-electron chi connectivity index (χ0n) is 5.17. The van der Waals surface area contributed by atoms with Gasteiger partial charge in [-0.25, -0.2) is 13.2 Å². The van der Waals surface area contributed by atoms with Crippen LogP contribution < -0.4 is 0 Å². The minimum Gasteiger partial charge on any atom is -0.390 e. The third kappa shape index (κ3) is 3.68. The van der Waals surface area contributed by atoms with Gasteiger partial charge in [0.15, 0.2) is 0 Å². The molecule has 2 atom stereocenters. The normalized spacial score (nSPS) is 17.4. The molecule has 0 aliphatic rings. The lowest BCUT2D eigenvalue weighted by Gasteiger charge is -2.11. The summed E-state index contributed by atoms with van der Waals surface area (Å²) in [5.74, 6) is 0. The number of halogens is 3. The monoisotopic (exact) mass is 158 g/mol. The molecule has 0 radical (unpaired) electrons. The molecule has 0 saturated heterocycles. The Labute approximate surface area is 56.3 Å². The van der Waals surface area contributed by atoms with Gasteiger partial charge in [-0.2, -0.15) is 0 Å². The van der Waals surface area contributed by atoms with Gasteiger partial charge in [-0.1, -0.05) is 0 Å². The molecule has 10 heavy (non-hydrogen) atoms. The van der Waals surface area contributed by atoms with Crippen LogP contribution in [-0.4, -0.2) is 35.5 Å². The Kier molecular flexibility index (Phi) is 4.38. The molecule has 0 saturated carbocycles. The smallest absolute Gasteiger partial charge is 0.264 e. The Balaban J connectivity index is 3.46. The van der Waals surface area contributed by atoms with Crippen molar-refractivity contribution in [1.82, 2.24) is 0 Å². The molecule has 0 heterocycles. The van der Waals surface area contributed by atoms with Gasteiger partial charge < -0.3 is 10.2 Å². The van der Waals surface area contributed by atoms with Crippen molar-refractivity contribution < 1.29 is 23.4 Å². The molecule has 2 unspecified atom stereocenters. The van der Waals surface area contributed by atoms with Crippen molar-refractivity contribution in [2.24, 2.45) is 0 Å². The largest absolute Gasteiger partial charge is 0.390 e. The molecule has 0 aliphatic carbocycles. The van der Waals surface area contributed by atoms with Crippen LogP contribution in [0.5, 0.6) is 0 Å². The van der Waals surface area contributed by atoms with Crippen molar-refractivity contribution in [1.29, 1.82) is 0 Å². The maximum absolute atomic E-state index is 11.4. The van der Waals surface area contributed by atoms with E-state index in [0.29, 0.717) is 0 Å². The summed E-state index contributed by atoms with van der Waals surface area (Å²) in [6, 6.07) is 0. The molecule has 0 aliphatic heterocycles. The van der Waals surface area contributed by atoms with Crippen molar-refractivity contribution in [3.63, 3.8) is 0 Å². The van der Waals surface area contributed by atoms with E-state index in [4.69, 9.17) is 10.2 Å². The first-order chi connectivity index (χ1) is 4.57. The fraction of sp³-hybridized carbons (Fsp3) is 1.00. The Hall–Kier alpha value is -0.290. The highest BCUT2D eigenvalue weighted by atomic mass is 19.3. The quantitative estimate of drug-likeness (QED) is 0.619. The second-order valence-electron chi connectivity index (χ2n) is 1.95. The molecular formula is C5H9F3O2. The highest BCUT2D eigenvalue weighted by Crippen LogP contribution is 2.07. The average molecular weight is 158 g/mol. The van der Waals surface area contributed by atoms with Gasteiger partial charge in [0.2, 0.25) is 0 Å². The minimum absolute atomic E-state index is 0.617. The molecule has 0 aromatic carbocycles. The van der Waals surface area contributed by atoms with Crippen molar-refractivity contribution in [2.45, 2.75) is 25.1 Å². The van der Waals surface area contributed by atoms with E-state index >= 15 is 0 Å². The van der Waals surface area contributed by atoms with Gasteiger partial charge in [0.05, 0.1) is 6.10 Å². The fourth-order valence-electron chi connectivity index (χ4n) is 0.445. The van der Waals surface area contributed by atoms with Gasteiger partial charge >= 0.3 is 0 Å². The summed E-state index contributed by atoms with van der Waals surface area (Å²) in [5, 5.41) is 16.8. The van der Waals surface area contributed by atoms with Gasteiger partial charge in [-0.15, -0.1) is 0 Å². The van der Waals surface area contributed by atoms with Gasteiger partial charge in [0.25, 0.3) is 6.43 Å². The van der Waals surface area contributed by atoms with Gasteiger partial charge in [0.1, 0.15) is 12.8 Å². The summed E-state index contributed by atoms with van der Waals surface area (Å²) >= 11 is 0. The van der Waals surface area contributed by atoms with Crippen LogP contribution in [0.25, 0.3) is 0 Å². The Morgan fingerprint density at radius 1 is 1.20 bits per heavy atom. The lowest BCUT2D eigenvalue weighted by Crippen LogP contribution is -2.25. The van der Waals surface area contributed by atoms with Crippen LogP contribution in [-0.2, 0) is 0 Å². The van der Waals surface area contributed by atoms with E-state index < -0.39 is 31.7 Å². The number of aliphatic hydroxyl groups excluding tert-OH is 2. The van der Waals surface area contributed by atoms with E-state index in [2.05, 4.69) is 0 Å². The van der Waals surface area contributed by atoms with Gasteiger partial charge in [-0.3, -0.25) is 0 Å². The average Bonchev–Trinajstić information content (AvgIpc) is 1.87. The fourth-order valence-corrected chi connectivity index (χ4v) is 0.445. The molecule has 0 spiro atoms. The first kappa shape index (κ1) is 9.71. The number of aliphatic hydroxyl groups is 2. The molecule has 2 N–H and O–H groups in total. The zero-order chi connectivity index (χ0) is 8.15. The SMILES string of the molecule is OC(CF)CC(O)C(F)F. The maximum Gasteiger partial charge on any atom is 0.264 e. The summed E-state index contributed by atoms with van der Waals surface area (Å²) in [7, 11) is 0. The van der Waals surface area contributed by atoms with Gasteiger partial charge in [-0.05, 0) is 0 Å². The van der Waals surface area contributed by atoms with Crippen molar-refractivity contribution in [2.75, 3.05) is 6.67 Å². The summed E-state index contributed by atoms with van der Waals surface area (Å²) in [5.41, 5.74) is 0. The van der Waals surface area contributed by atoms with Crippen molar-refractivity contribution in [3.8, 4) is 0 Å². The Bertz CT molecular complexity index is 89.0. The number of hydrogen-bond donors (Lipinski definition) is 2. The van der Waals surface area contributed by atoms with Crippen LogP contribution in [0.2, 0.25) is 0 Å². The van der Waals surface area contributed by atoms with Crippen LogP contribution >= 0.6 is 0 Å². The standard InChI is InChI=1S/C5H9F3O2/c6-2-3(9)1-4(10)5(7)8/h3-5,9-10H,1-2H2. The van der Waals surface area contributed by atoms with E-state index in [-0.39, 0.29) is 0 Å². The third-order valence-electron chi connectivity index (χ3n) is 0.983. The molecule has 0 amide bonds.